The Balaban J connectivity index is 2.08. The maximum atomic E-state index is 5.79. The van der Waals surface area contributed by atoms with E-state index in [1.54, 1.807) is 0 Å². The third kappa shape index (κ3) is 2.48. The van der Waals surface area contributed by atoms with Crippen molar-refractivity contribution in [1.29, 1.82) is 0 Å². The number of pyridine rings is 1. The van der Waals surface area contributed by atoms with Crippen LogP contribution in [0.1, 0.15) is 37.8 Å². The molecule has 3 heteroatoms. The van der Waals surface area contributed by atoms with Crippen LogP contribution in [0.15, 0.2) is 18.3 Å². The highest BCUT2D eigenvalue weighted by molar-refractivity contribution is 5.40. The highest BCUT2D eigenvalue weighted by Gasteiger charge is 2.11. The Morgan fingerprint density at radius 2 is 2.00 bits per heavy atom. The second-order valence-electron chi connectivity index (χ2n) is 4.29. The smallest absolute Gasteiger partial charge is 0.128 e. The summed E-state index contributed by atoms with van der Waals surface area (Å²) in [6.07, 6.45) is 5.83. The van der Waals surface area contributed by atoms with Crippen molar-refractivity contribution in [1.82, 2.24) is 4.98 Å². The van der Waals surface area contributed by atoms with Crippen LogP contribution >= 0.6 is 0 Å². The first-order chi connectivity index (χ1) is 7.27. The van der Waals surface area contributed by atoms with Gasteiger partial charge >= 0.3 is 0 Å². The van der Waals surface area contributed by atoms with Crippen molar-refractivity contribution in [3.8, 4) is 0 Å². The number of piperidine rings is 1. The summed E-state index contributed by atoms with van der Waals surface area (Å²) in [7, 11) is 0. The van der Waals surface area contributed by atoms with E-state index in [2.05, 4.69) is 22.0 Å². The van der Waals surface area contributed by atoms with E-state index in [-0.39, 0.29) is 6.04 Å². The summed E-state index contributed by atoms with van der Waals surface area (Å²) in [5, 5.41) is 0. The molecule has 1 aromatic heterocycles. The molecule has 1 aliphatic heterocycles. The summed E-state index contributed by atoms with van der Waals surface area (Å²) in [4.78, 5) is 6.83. The molecule has 2 rings (SSSR count). The van der Waals surface area contributed by atoms with Gasteiger partial charge in [-0.25, -0.2) is 4.98 Å². The fourth-order valence-electron chi connectivity index (χ4n) is 1.98. The van der Waals surface area contributed by atoms with E-state index in [1.165, 1.54) is 19.3 Å². The Bertz CT molecular complexity index is 299. The molecule has 1 aliphatic rings. The number of nitrogens with two attached hydrogens (primary N) is 1. The molecule has 0 radical (unpaired) electrons. The minimum absolute atomic E-state index is 0.0768. The summed E-state index contributed by atoms with van der Waals surface area (Å²) < 4.78 is 0. The van der Waals surface area contributed by atoms with Gasteiger partial charge in [-0.1, -0.05) is 6.07 Å². The highest BCUT2D eigenvalue weighted by Crippen LogP contribution is 2.18. The van der Waals surface area contributed by atoms with E-state index in [9.17, 15) is 0 Å². The van der Waals surface area contributed by atoms with Crippen LogP contribution in [0.5, 0.6) is 0 Å². The summed E-state index contributed by atoms with van der Waals surface area (Å²) >= 11 is 0. The molecule has 1 atom stereocenters. The number of hydrogen-bond donors (Lipinski definition) is 1. The molecule has 0 aliphatic carbocycles. The van der Waals surface area contributed by atoms with Gasteiger partial charge in [-0.15, -0.1) is 0 Å². The van der Waals surface area contributed by atoms with E-state index < -0.39 is 0 Å². The maximum absolute atomic E-state index is 5.79. The van der Waals surface area contributed by atoms with Crippen LogP contribution in [0, 0.1) is 0 Å². The van der Waals surface area contributed by atoms with Crippen molar-refractivity contribution in [3.63, 3.8) is 0 Å². The van der Waals surface area contributed by atoms with Gasteiger partial charge in [-0.3, -0.25) is 0 Å². The molecule has 0 unspecified atom stereocenters. The SMILES string of the molecule is C[C@H](N)c1ccc(N2CCCCC2)nc1. The molecular weight excluding hydrogens is 186 g/mol. The van der Waals surface area contributed by atoms with Gasteiger partial charge < -0.3 is 10.6 Å². The number of hydrogen-bond acceptors (Lipinski definition) is 3. The number of anilines is 1. The molecule has 2 heterocycles. The van der Waals surface area contributed by atoms with Gasteiger partial charge in [0.2, 0.25) is 0 Å². The Labute approximate surface area is 91.3 Å². The lowest BCUT2D eigenvalue weighted by Gasteiger charge is -2.27. The van der Waals surface area contributed by atoms with Crippen LogP contribution in [0.25, 0.3) is 0 Å². The zero-order valence-corrected chi connectivity index (χ0v) is 9.32. The van der Waals surface area contributed by atoms with Crippen molar-refractivity contribution in [2.24, 2.45) is 5.73 Å². The monoisotopic (exact) mass is 205 g/mol. The van der Waals surface area contributed by atoms with Crippen molar-refractivity contribution >= 4 is 5.82 Å². The van der Waals surface area contributed by atoms with Crippen LogP contribution in [0.3, 0.4) is 0 Å². The highest BCUT2D eigenvalue weighted by atomic mass is 15.2. The Morgan fingerprint density at radius 1 is 1.27 bits per heavy atom. The van der Waals surface area contributed by atoms with Crippen LogP contribution in [-0.4, -0.2) is 18.1 Å². The zero-order chi connectivity index (χ0) is 10.7. The molecule has 0 bridgehead atoms. The van der Waals surface area contributed by atoms with E-state index in [0.29, 0.717) is 0 Å². The fraction of sp³-hybridized carbons (Fsp3) is 0.583. The van der Waals surface area contributed by atoms with Crippen LogP contribution in [0.4, 0.5) is 5.82 Å². The summed E-state index contributed by atoms with van der Waals surface area (Å²) in [6.45, 7) is 4.27. The van der Waals surface area contributed by atoms with Gasteiger partial charge in [0.25, 0.3) is 0 Å². The first-order valence-corrected chi connectivity index (χ1v) is 5.74. The van der Waals surface area contributed by atoms with Crippen LogP contribution in [-0.2, 0) is 0 Å². The zero-order valence-electron chi connectivity index (χ0n) is 9.32. The molecule has 0 spiro atoms. The molecule has 82 valence electrons. The Hall–Kier alpha value is -1.09. The van der Waals surface area contributed by atoms with E-state index in [4.69, 9.17) is 5.73 Å². The van der Waals surface area contributed by atoms with Gasteiger partial charge in [0, 0.05) is 25.3 Å². The quantitative estimate of drug-likeness (QED) is 0.804. The molecule has 1 aromatic rings. The topological polar surface area (TPSA) is 42.1 Å². The summed E-state index contributed by atoms with van der Waals surface area (Å²) in [5.74, 6) is 1.10. The molecule has 0 saturated carbocycles. The molecule has 1 fully saturated rings. The van der Waals surface area contributed by atoms with Gasteiger partial charge in [-0.2, -0.15) is 0 Å². The van der Waals surface area contributed by atoms with Gasteiger partial charge in [0.15, 0.2) is 0 Å². The molecule has 1 saturated heterocycles. The van der Waals surface area contributed by atoms with Crippen LogP contribution in [0.2, 0.25) is 0 Å². The minimum Gasteiger partial charge on any atom is -0.357 e. The lowest BCUT2D eigenvalue weighted by molar-refractivity contribution is 0.573. The molecule has 15 heavy (non-hydrogen) atoms. The Morgan fingerprint density at radius 3 is 2.53 bits per heavy atom. The number of rotatable bonds is 2. The molecular formula is C12H19N3. The average molecular weight is 205 g/mol. The number of aromatic nitrogens is 1. The third-order valence-corrected chi connectivity index (χ3v) is 2.98. The molecule has 3 nitrogen and oxygen atoms in total. The maximum Gasteiger partial charge on any atom is 0.128 e. The first-order valence-electron chi connectivity index (χ1n) is 5.74. The second kappa shape index (κ2) is 4.62. The third-order valence-electron chi connectivity index (χ3n) is 2.98. The normalized spacial score (nSPS) is 18.9. The molecule has 0 amide bonds. The first kappa shape index (κ1) is 10.4. The second-order valence-corrected chi connectivity index (χ2v) is 4.29. The van der Waals surface area contributed by atoms with Crippen molar-refractivity contribution < 1.29 is 0 Å². The molecule has 2 N–H and O–H groups in total. The van der Waals surface area contributed by atoms with E-state index in [0.717, 1.165) is 24.5 Å². The summed E-state index contributed by atoms with van der Waals surface area (Å²) in [6, 6.07) is 4.25. The molecule has 0 aromatic carbocycles. The Kier molecular flexibility index (Phi) is 3.21. The standard InChI is InChI=1S/C12H19N3/c1-10(13)11-5-6-12(14-9-11)15-7-3-2-4-8-15/h5-6,9-10H,2-4,7-8,13H2,1H3/t10-/m0/s1. The van der Waals surface area contributed by atoms with E-state index >= 15 is 0 Å². The van der Waals surface area contributed by atoms with E-state index in [1.807, 2.05) is 13.1 Å². The van der Waals surface area contributed by atoms with Crippen molar-refractivity contribution in [2.45, 2.75) is 32.2 Å². The fourth-order valence-corrected chi connectivity index (χ4v) is 1.98. The predicted molar refractivity (Wildman–Crippen MR) is 62.9 cm³/mol. The minimum atomic E-state index is 0.0768. The van der Waals surface area contributed by atoms with Gasteiger partial charge in [-0.05, 0) is 37.8 Å². The number of nitrogens with zero attached hydrogens (tertiary/aromatic N) is 2. The van der Waals surface area contributed by atoms with Crippen LogP contribution < -0.4 is 10.6 Å². The average Bonchev–Trinajstić information content (AvgIpc) is 2.30. The van der Waals surface area contributed by atoms with Crippen molar-refractivity contribution in [2.75, 3.05) is 18.0 Å². The van der Waals surface area contributed by atoms with Gasteiger partial charge in [0.05, 0.1) is 0 Å². The largest absolute Gasteiger partial charge is 0.357 e. The lowest BCUT2D eigenvalue weighted by Crippen LogP contribution is -2.30. The summed E-state index contributed by atoms with van der Waals surface area (Å²) in [5.41, 5.74) is 6.90. The lowest BCUT2D eigenvalue weighted by atomic mass is 10.1. The van der Waals surface area contributed by atoms with Crippen molar-refractivity contribution in [3.05, 3.63) is 23.9 Å². The van der Waals surface area contributed by atoms with Gasteiger partial charge in [0.1, 0.15) is 5.82 Å². The predicted octanol–water partition coefficient (Wildman–Crippen LogP) is 2.09.